The fraction of sp³-hybridized carbons (Fsp3) is 0.933. The highest BCUT2D eigenvalue weighted by Gasteiger charge is 2.38. The SMILES string of the molecule is COC(=O)CCCC(C)(C)CO[Si](C)(C)C(C)(C)C. The van der Waals surface area contributed by atoms with E-state index in [9.17, 15) is 4.79 Å². The van der Waals surface area contributed by atoms with Crippen LogP contribution >= 0.6 is 0 Å². The van der Waals surface area contributed by atoms with Gasteiger partial charge in [-0.3, -0.25) is 4.79 Å². The van der Waals surface area contributed by atoms with Crippen LogP contribution in [0.2, 0.25) is 18.1 Å². The zero-order valence-corrected chi connectivity index (χ0v) is 15.1. The van der Waals surface area contributed by atoms with E-state index >= 15 is 0 Å². The van der Waals surface area contributed by atoms with Crippen molar-refractivity contribution in [3.63, 3.8) is 0 Å². The van der Waals surface area contributed by atoms with E-state index in [0.29, 0.717) is 6.42 Å². The van der Waals surface area contributed by atoms with E-state index in [1.807, 2.05) is 0 Å². The molecule has 114 valence electrons. The van der Waals surface area contributed by atoms with E-state index in [1.165, 1.54) is 7.11 Å². The van der Waals surface area contributed by atoms with Crippen LogP contribution in [0.5, 0.6) is 0 Å². The number of esters is 1. The Balaban J connectivity index is 4.20. The highest BCUT2D eigenvalue weighted by molar-refractivity contribution is 6.74. The summed E-state index contributed by atoms with van der Waals surface area (Å²) in [4.78, 5) is 11.1. The summed E-state index contributed by atoms with van der Waals surface area (Å²) in [6.07, 6.45) is 2.34. The van der Waals surface area contributed by atoms with Gasteiger partial charge in [-0.15, -0.1) is 0 Å². The summed E-state index contributed by atoms with van der Waals surface area (Å²) in [6, 6.07) is 0. The number of ether oxygens (including phenoxy) is 1. The fourth-order valence-corrected chi connectivity index (χ4v) is 2.66. The third kappa shape index (κ3) is 7.11. The van der Waals surface area contributed by atoms with Crippen LogP contribution in [-0.4, -0.2) is 28.0 Å². The molecule has 0 rings (SSSR count). The first kappa shape index (κ1) is 18.6. The van der Waals surface area contributed by atoms with E-state index in [0.717, 1.165) is 19.4 Å². The molecule has 0 aromatic heterocycles. The first-order chi connectivity index (χ1) is 8.41. The molecular weight excluding hydrogens is 256 g/mol. The Morgan fingerprint density at radius 1 is 1.11 bits per heavy atom. The summed E-state index contributed by atoms with van der Waals surface area (Å²) >= 11 is 0. The quantitative estimate of drug-likeness (QED) is 0.515. The zero-order valence-electron chi connectivity index (χ0n) is 14.1. The van der Waals surface area contributed by atoms with Gasteiger partial charge < -0.3 is 9.16 Å². The molecule has 0 fully saturated rings. The summed E-state index contributed by atoms with van der Waals surface area (Å²) in [5.74, 6) is -0.124. The Kier molecular flexibility index (Phi) is 6.76. The molecule has 4 heteroatoms. The Bertz CT molecular complexity index is 290. The summed E-state index contributed by atoms with van der Waals surface area (Å²) in [5, 5.41) is 0.245. The van der Waals surface area contributed by atoms with Crippen molar-refractivity contribution in [2.45, 2.75) is 72.0 Å². The molecule has 0 unspecified atom stereocenters. The lowest BCUT2D eigenvalue weighted by Gasteiger charge is -2.39. The molecule has 0 aliphatic carbocycles. The molecule has 0 spiro atoms. The van der Waals surface area contributed by atoms with Crippen LogP contribution in [0.1, 0.15) is 53.9 Å². The molecule has 0 amide bonds. The predicted molar refractivity (Wildman–Crippen MR) is 82.8 cm³/mol. The number of rotatable bonds is 7. The van der Waals surface area contributed by atoms with Gasteiger partial charge in [0.1, 0.15) is 0 Å². The first-order valence-corrected chi connectivity index (χ1v) is 10.0. The standard InChI is InChI=1S/C15H32O3Si/c1-14(2,3)19(7,8)18-12-15(4,5)11-9-10-13(16)17-6/h9-12H2,1-8H3. The van der Waals surface area contributed by atoms with Crippen molar-refractivity contribution >= 4 is 14.3 Å². The number of carbonyl (C=O) groups is 1. The average molecular weight is 289 g/mol. The van der Waals surface area contributed by atoms with Gasteiger partial charge in [-0.25, -0.2) is 0 Å². The molecule has 0 atom stereocenters. The van der Waals surface area contributed by atoms with Gasteiger partial charge >= 0.3 is 5.97 Å². The molecule has 0 saturated heterocycles. The first-order valence-electron chi connectivity index (χ1n) is 7.12. The van der Waals surface area contributed by atoms with Crippen LogP contribution in [0.15, 0.2) is 0 Å². The highest BCUT2D eigenvalue weighted by Crippen LogP contribution is 2.38. The Morgan fingerprint density at radius 3 is 2.05 bits per heavy atom. The van der Waals surface area contributed by atoms with Gasteiger partial charge in [-0.05, 0) is 36.4 Å². The summed E-state index contributed by atoms with van der Waals surface area (Å²) in [7, 11) is -0.236. The second-order valence-corrected chi connectivity index (χ2v) is 12.5. The highest BCUT2D eigenvalue weighted by atomic mass is 28.4. The third-order valence-electron chi connectivity index (χ3n) is 4.09. The van der Waals surface area contributed by atoms with Gasteiger partial charge in [0.25, 0.3) is 0 Å². The number of hydrogen-bond acceptors (Lipinski definition) is 3. The van der Waals surface area contributed by atoms with E-state index < -0.39 is 8.32 Å². The normalized spacial score (nSPS) is 13.5. The minimum absolute atomic E-state index is 0.115. The van der Waals surface area contributed by atoms with Crippen molar-refractivity contribution < 1.29 is 14.0 Å². The minimum Gasteiger partial charge on any atom is -0.469 e. The van der Waals surface area contributed by atoms with Crippen molar-refractivity contribution in [3.05, 3.63) is 0 Å². The molecule has 0 heterocycles. The molecule has 0 aromatic carbocycles. The molecule has 0 bridgehead atoms. The molecule has 0 aromatic rings. The molecule has 0 aliphatic rings. The van der Waals surface area contributed by atoms with Crippen LogP contribution in [0, 0.1) is 5.41 Å². The van der Waals surface area contributed by atoms with Crippen molar-refractivity contribution in [1.29, 1.82) is 0 Å². The average Bonchev–Trinajstić information content (AvgIpc) is 2.24. The van der Waals surface area contributed by atoms with Crippen LogP contribution in [0.4, 0.5) is 0 Å². The lowest BCUT2D eigenvalue weighted by molar-refractivity contribution is -0.140. The van der Waals surface area contributed by atoms with Gasteiger partial charge in [0.15, 0.2) is 8.32 Å². The number of hydrogen-bond donors (Lipinski definition) is 0. The van der Waals surface area contributed by atoms with Crippen molar-refractivity contribution in [3.8, 4) is 0 Å². The maximum atomic E-state index is 11.1. The summed E-state index contributed by atoms with van der Waals surface area (Å²) in [5.41, 5.74) is 0.115. The van der Waals surface area contributed by atoms with Crippen LogP contribution in [0.3, 0.4) is 0 Å². The van der Waals surface area contributed by atoms with Crippen LogP contribution < -0.4 is 0 Å². The van der Waals surface area contributed by atoms with Gasteiger partial charge in [-0.1, -0.05) is 34.6 Å². The molecule has 0 saturated carbocycles. The molecule has 19 heavy (non-hydrogen) atoms. The Hall–Kier alpha value is -0.353. The van der Waals surface area contributed by atoms with E-state index in [2.05, 4.69) is 52.4 Å². The van der Waals surface area contributed by atoms with Crippen molar-refractivity contribution in [1.82, 2.24) is 0 Å². The summed E-state index contributed by atoms with van der Waals surface area (Å²) < 4.78 is 10.9. The van der Waals surface area contributed by atoms with Gasteiger partial charge in [0.05, 0.1) is 7.11 Å². The monoisotopic (exact) mass is 288 g/mol. The fourth-order valence-electron chi connectivity index (χ4n) is 1.48. The van der Waals surface area contributed by atoms with Gasteiger partial charge in [0, 0.05) is 13.0 Å². The van der Waals surface area contributed by atoms with E-state index in [-0.39, 0.29) is 16.4 Å². The molecule has 3 nitrogen and oxygen atoms in total. The minimum atomic E-state index is -1.67. The number of methoxy groups -OCH3 is 1. The van der Waals surface area contributed by atoms with Crippen molar-refractivity contribution in [2.24, 2.45) is 5.41 Å². The van der Waals surface area contributed by atoms with E-state index in [4.69, 9.17) is 4.43 Å². The van der Waals surface area contributed by atoms with Gasteiger partial charge in [-0.2, -0.15) is 0 Å². The lowest BCUT2D eigenvalue weighted by atomic mass is 9.88. The molecule has 0 N–H and O–H groups in total. The second-order valence-electron chi connectivity index (χ2n) is 7.64. The largest absolute Gasteiger partial charge is 0.469 e. The lowest BCUT2D eigenvalue weighted by Crippen LogP contribution is -2.43. The van der Waals surface area contributed by atoms with Crippen LogP contribution in [-0.2, 0) is 14.0 Å². The zero-order chi connectivity index (χ0) is 15.3. The Morgan fingerprint density at radius 2 is 1.63 bits per heavy atom. The third-order valence-corrected chi connectivity index (χ3v) is 8.57. The second kappa shape index (κ2) is 6.89. The molecule has 0 aliphatic heterocycles. The topological polar surface area (TPSA) is 35.5 Å². The predicted octanol–water partition coefficient (Wildman–Crippen LogP) is 4.38. The molecule has 0 radical (unpaired) electrons. The van der Waals surface area contributed by atoms with E-state index in [1.54, 1.807) is 0 Å². The maximum Gasteiger partial charge on any atom is 0.305 e. The summed E-state index contributed by atoms with van der Waals surface area (Å²) in [6.45, 7) is 16.5. The Labute approximate surface area is 120 Å². The molecular formula is C15H32O3Si. The van der Waals surface area contributed by atoms with Crippen LogP contribution in [0.25, 0.3) is 0 Å². The van der Waals surface area contributed by atoms with Crippen molar-refractivity contribution in [2.75, 3.05) is 13.7 Å². The maximum absolute atomic E-state index is 11.1. The smallest absolute Gasteiger partial charge is 0.305 e. The number of carbonyl (C=O) groups excluding carboxylic acids is 1. The van der Waals surface area contributed by atoms with Gasteiger partial charge in [0.2, 0.25) is 0 Å².